The van der Waals surface area contributed by atoms with Gasteiger partial charge in [-0.1, -0.05) is 60.1 Å². The fraction of sp³-hybridized carbons (Fsp3) is 0.111. The predicted molar refractivity (Wildman–Crippen MR) is 90.2 cm³/mol. The minimum Gasteiger partial charge on any atom is -0.445 e. The van der Waals surface area contributed by atoms with Crippen molar-refractivity contribution < 1.29 is 9.53 Å². The molecule has 0 saturated carbocycles. The van der Waals surface area contributed by atoms with Crippen LogP contribution >= 0.6 is 11.6 Å². The van der Waals surface area contributed by atoms with Crippen molar-refractivity contribution in [3.8, 4) is 0 Å². The number of hydrogen-bond acceptors (Lipinski definition) is 3. The van der Waals surface area contributed by atoms with Gasteiger partial charge in [0.1, 0.15) is 11.8 Å². The number of halogens is 1. The van der Waals surface area contributed by atoms with Crippen molar-refractivity contribution in [2.45, 2.75) is 13.2 Å². The number of nitrogens with zero attached hydrogens (tertiary/aromatic N) is 1. The van der Waals surface area contributed by atoms with E-state index in [1.165, 1.54) is 0 Å². The van der Waals surface area contributed by atoms with E-state index in [4.69, 9.17) is 16.3 Å². The van der Waals surface area contributed by atoms with Crippen molar-refractivity contribution in [1.82, 2.24) is 10.3 Å². The van der Waals surface area contributed by atoms with E-state index < -0.39 is 6.09 Å². The monoisotopic (exact) mass is 326 g/mol. The third-order valence-corrected chi connectivity index (χ3v) is 3.71. The fourth-order valence-electron chi connectivity index (χ4n) is 2.20. The van der Waals surface area contributed by atoms with Gasteiger partial charge >= 0.3 is 6.09 Å². The average molecular weight is 327 g/mol. The summed E-state index contributed by atoms with van der Waals surface area (Å²) in [6.07, 6.45) is -0.488. The van der Waals surface area contributed by atoms with E-state index in [-0.39, 0.29) is 13.2 Å². The molecule has 116 valence electrons. The quantitative estimate of drug-likeness (QED) is 0.727. The van der Waals surface area contributed by atoms with Gasteiger partial charge in [-0.15, -0.1) is 0 Å². The lowest BCUT2D eigenvalue weighted by Crippen LogP contribution is -2.23. The molecule has 0 aliphatic carbocycles. The summed E-state index contributed by atoms with van der Waals surface area (Å²) in [5, 5.41) is 4.05. The number of benzene rings is 2. The van der Waals surface area contributed by atoms with E-state index in [0.717, 1.165) is 22.0 Å². The maximum atomic E-state index is 11.8. The predicted octanol–water partition coefficient (Wildman–Crippen LogP) is 4.31. The number of fused-ring (bicyclic) bond motifs is 1. The van der Waals surface area contributed by atoms with Crippen LogP contribution in [0.25, 0.3) is 10.9 Å². The summed E-state index contributed by atoms with van der Waals surface area (Å²) in [6.45, 7) is 0.501. The van der Waals surface area contributed by atoms with Crippen LogP contribution in [0, 0.1) is 0 Å². The van der Waals surface area contributed by atoms with Crippen LogP contribution in [0.5, 0.6) is 0 Å². The Morgan fingerprint density at radius 3 is 2.65 bits per heavy atom. The number of nitrogens with one attached hydrogen (secondary N) is 1. The number of hydrogen-bond donors (Lipinski definition) is 1. The number of alkyl carbamates (subject to hydrolysis) is 1. The molecule has 0 spiro atoms. The number of aromatic nitrogens is 1. The maximum absolute atomic E-state index is 11.8. The zero-order chi connectivity index (χ0) is 16.1. The highest BCUT2D eigenvalue weighted by Gasteiger charge is 2.08. The number of para-hydroxylation sites is 1. The molecular weight excluding hydrogens is 312 g/mol. The van der Waals surface area contributed by atoms with Crippen molar-refractivity contribution in [3.05, 3.63) is 76.9 Å². The van der Waals surface area contributed by atoms with Crippen LogP contribution in [0.4, 0.5) is 4.79 Å². The molecule has 1 amide bonds. The van der Waals surface area contributed by atoms with Crippen LogP contribution in [0.15, 0.2) is 60.7 Å². The molecular formula is C18H15ClN2O2. The van der Waals surface area contributed by atoms with Gasteiger partial charge in [0.15, 0.2) is 0 Å². The smallest absolute Gasteiger partial charge is 0.407 e. The van der Waals surface area contributed by atoms with E-state index in [2.05, 4.69) is 10.3 Å². The molecule has 0 bridgehead atoms. The van der Waals surface area contributed by atoms with Gasteiger partial charge in [-0.3, -0.25) is 0 Å². The summed E-state index contributed by atoms with van der Waals surface area (Å²) in [4.78, 5) is 16.1. The summed E-state index contributed by atoms with van der Waals surface area (Å²) in [6, 6.07) is 19.1. The lowest BCUT2D eigenvalue weighted by atomic mass is 10.1. The fourth-order valence-corrected chi connectivity index (χ4v) is 2.41. The molecule has 5 heteroatoms. The van der Waals surface area contributed by atoms with Crippen LogP contribution in [0.2, 0.25) is 5.15 Å². The van der Waals surface area contributed by atoms with Gasteiger partial charge in [0.25, 0.3) is 0 Å². The third kappa shape index (κ3) is 3.99. The summed E-state index contributed by atoms with van der Waals surface area (Å²) in [5.41, 5.74) is 2.52. The average Bonchev–Trinajstić information content (AvgIpc) is 2.59. The zero-order valence-electron chi connectivity index (χ0n) is 12.3. The zero-order valence-corrected chi connectivity index (χ0v) is 13.1. The van der Waals surface area contributed by atoms with Crippen molar-refractivity contribution in [1.29, 1.82) is 0 Å². The van der Waals surface area contributed by atoms with Crippen LogP contribution in [-0.4, -0.2) is 11.1 Å². The first-order chi connectivity index (χ1) is 11.2. The van der Waals surface area contributed by atoms with E-state index >= 15 is 0 Å². The lowest BCUT2D eigenvalue weighted by Gasteiger charge is -2.09. The Kier molecular flexibility index (Phi) is 4.74. The first-order valence-corrected chi connectivity index (χ1v) is 7.59. The molecule has 2 aromatic carbocycles. The topological polar surface area (TPSA) is 51.2 Å². The second-order valence-electron chi connectivity index (χ2n) is 5.05. The Bertz CT molecular complexity index is 822. The Labute approximate surface area is 139 Å². The summed E-state index contributed by atoms with van der Waals surface area (Å²) in [5.74, 6) is 0. The van der Waals surface area contributed by atoms with Gasteiger partial charge in [-0.2, -0.15) is 0 Å². The third-order valence-electron chi connectivity index (χ3n) is 3.39. The highest BCUT2D eigenvalue weighted by Crippen LogP contribution is 2.20. The molecule has 0 radical (unpaired) electrons. The van der Waals surface area contributed by atoms with Gasteiger partial charge in [0.2, 0.25) is 0 Å². The molecule has 0 atom stereocenters. The lowest BCUT2D eigenvalue weighted by molar-refractivity contribution is 0.139. The van der Waals surface area contributed by atoms with Gasteiger partial charge in [0.05, 0.1) is 5.52 Å². The first kappa shape index (κ1) is 15.3. The summed E-state index contributed by atoms with van der Waals surface area (Å²) < 4.78 is 5.16. The number of pyridine rings is 1. The molecule has 23 heavy (non-hydrogen) atoms. The van der Waals surface area contributed by atoms with E-state index in [9.17, 15) is 4.79 Å². The molecule has 1 heterocycles. The number of amides is 1. The Morgan fingerprint density at radius 2 is 1.83 bits per heavy atom. The molecule has 3 aromatic rings. The van der Waals surface area contributed by atoms with Crippen LogP contribution in [0.1, 0.15) is 11.1 Å². The Balaban J connectivity index is 1.59. The summed E-state index contributed by atoms with van der Waals surface area (Å²) in [7, 11) is 0. The van der Waals surface area contributed by atoms with Crippen molar-refractivity contribution >= 4 is 28.6 Å². The standard InChI is InChI=1S/C18H15ClN2O2/c19-17-15(10-14-8-4-5-9-16(14)21-17)11-20-18(22)23-12-13-6-2-1-3-7-13/h1-10H,11-12H2,(H,20,22). The SMILES string of the molecule is O=C(NCc1cc2ccccc2nc1Cl)OCc1ccccc1. The first-order valence-electron chi connectivity index (χ1n) is 7.21. The molecule has 0 aliphatic heterocycles. The number of ether oxygens (including phenoxy) is 1. The maximum Gasteiger partial charge on any atom is 0.407 e. The van der Waals surface area contributed by atoms with Crippen molar-refractivity contribution in [2.75, 3.05) is 0 Å². The van der Waals surface area contributed by atoms with Crippen LogP contribution < -0.4 is 5.32 Å². The molecule has 3 rings (SSSR count). The number of carbonyl (C=O) groups excluding carboxylic acids is 1. The number of rotatable bonds is 4. The normalized spacial score (nSPS) is 10.5. The van der Waals surface area contributed by atoms with Crippen molar-refractivity contribution in [3.63, 3.8) is 0 Å². The Hall–Kier alpha value is -2.59. The second-order valence-corrected chi connectivity index (χ2v) is 5.40. The molecule has 0 unspecified atom stereocenters. The molecule has 0 aliphatic rings. The van der Waals surface area contributed by atoms with E-state index in [1.807, 2.05) is 60.7 Å². The second kappa shape index (κ2) is 7.11. The summed E-state index contributed by atoms with van der Waals surface area (Å²) >= 11 is 6.16. The van der Waals surface area contributed by atoms with Gasteiger partial charge < -0.3 is 10.1 Å². The van der Waals surface area contributed by atoms with Gasteiger partial charge in [0, 0.05) is 17.5 Å². The Morgan fingerprint density at radius 1 is 1.09 bits per heavy atom. The van der Waals surface area contributed by atoms with Crippen LogP contribution in [0.3, 0.4) is 0 Å². The molecule has 0 saturated heterocycles. The van der Waals surface area contributed by atoms with Gasteiger partial charge in [-0.05, 0) is 17.7 Å². The van der Waals surface area contributed by atoms with E-state index in [0.29, 0.717) is 5.15 Å². The molecule has 1 aromatic heterocycles. The van der Waals surface area contributed by atoms with Gasteiger partial charge in [-0.25, -0.2) is 9.78 Å². The molecule has 0 fully saturated rings. The number of carbonyl (C=O) groups is 1. The van der Waals surface area contributed by atoms with Crippen LogP contribution in [-0.2, 0) is 17.9 Å². The minimum atomic E-state index is -0.488. The largest absolute Gasteiger partial charge is 0.445 e. The highest BCUT2D eigenvalue weighted by molar-refractivity contribution is 6.30. The van der Waals surface area contributed by atoms with Crippen molar-refractivity contribution in [2.24, 2.45) is 0 Å². The molecule has 1 N–H and O–H groups in total. The van der Waals surface area contributed by atoms with E-state index in [1.54, 1.807) is 0 Å². The minimum absolute atomic E-state index is 0.233. The highest BCUT2D eigenvalue weighted by atomic mass is 35.5. The molecule has 4 nitrogen and oxygen atoms in total.